The summed E-state index contributed by atoms with van der Waals surface area (Å²) in [5, 5.41) is 2.89. The molecule has 5 heteroatoms. The number of furan rings is 1. The van der Waals surface area contributed by atoms with Crippen LogP contribution in [0.25, 0.3) is 0 Å². The van der Waals surface area contributed by atoms with Gasteiger partial charge < -0.3 is 14.6 Å². The molecule has 1 saturated heterocycles. The highest BCUT2D eigenvalue weighted by Gasteiger charge is 2.24. The maximum absolute atomic E-state index is 12.4. The van der Waals surface area contributed by atoms with Crippen LogP contribution in [0.2, 0.25) is 0 Å². The van der Waals surface area contributed by atoms with Gasteiger partial charge in [0.1, 0.15) is 11.5 Å². The standard InChI is InChI=1S/C17H18N2O3/c1-11-10-13(12(2)22-11)17(21)18-14-6-3-4-7-15(14)19-9-5-8-16(19)20/h3-4,6-7,10H,5,8-9H2,1-2H3,(H,18,21). The lowest BCUT2D eigenvalue weighted by atomic mass is 10.2. The van der Waals surface area contributed by atoms with Crippen molar-refractivity contribution in [3.63, 3.8) is 0 Å². The van der Waals surface area contributed by atoms with Gasteiger partial charge >= 0.3 is 0 Å². The average molecular weight is 298 g/mol. The van der Waals surface area contributed by atoms with Gasteiger partial charge in [0.2, 0.25) is 5.91 Å². The molecule has 1 N–H and O–H groups in total. The van der Waals surface area contributed by atoms with Crippen molar-refractivity contribution in [3.8, 4) is 0 Å². The number of carbonyl (C=O) groups is 2. The Morgan fingerprint density at radius 1 is 1.27 bits per heavy atom. The largest absolute Gasteiger partial charge is 0.466 e. The smallest absolute Gasteiger partial charge is 0.259 e. The van der Waals surface area contributed by atoms with Gasteiger partial charge in [0.15, 0.2) is 0 Å². The van der Waals surface area contributed by atoms with Gasteiger partial charge in [-0.25, -0.2) is 0 Å². The highest BCUT2D eigenvalue weighted by Crippen LogP contribution is 2.30. The van der Waals surface area contributed by atoms with Gasteiger partial charge in [0.05, 0.1) is 16.9 Å². The third-order valence-electron chi connectivity index (χ3n) is 3.80. The lowest BCUT2D eigenvalue weighted by molar-refractivity contribution is -0.117. The summed E-state index contributed by atoms with van der Waals surface area (Å²) >= 11 is 0. The first-order valence-electron chi connectivity index (χ1n) is 7.34. The number of para-hydroxylation sites is 2. The van der Waals surface area contributed by atoms with Crippen LogP contribution in [-0.2, 0) is 4.79 Å². The lowest BCUT2D eigenvalue weighted by Gasteiger charge is -2.19. The zero-order valence-corrected chi connectivity index (χ0v) is 12.7. The number of anilines is 2. The number of hydrogen-bond donors (Lipinski definition) is 1. The minimum atomic E-state index is -0.228. The molecule has 2 aromatic rings. The molecule has 2 heterocycles. The summed E-state index contributed by atoms with van der Waals surface area (Å²) in [6.45, 7) is 4.26. The molecular formula is C17H18N2O3. The predicted molar refractivity (Wildman–Crippen MR) is 84.2 cm³/mol. The van der Waals surface area contributed by atoms with E-state index in [2.05, 4.69) is 5.32 Å². The van der Waals surface area contributed by atoms with Crippen LogP contribution in [0.3, 0.4) is 0 Å². The van der Waals surface area contributed by atoms with Crippen LogP contribution in [0.4, 0.5) is 11.4 Å². The molecule has 1 fully saturated rings. The third-order valence-corrected chi connectivity index (χ3v) is 3.80. The van der Waals surface area contributed by atoms with Gasteiger partial charge in [-0.05, 0) is 38.5 Å². The minimum Gasteiger partial charge on any atom is -0.466 e. The lowest BCUT2D eigenvalue weighted by Crippen LogP contribution is -2.25. The van der Waals surface area contributed by atoms with E-state index in [0.29, 0.717) is 35.7 Å². The number of nitrogens with one attached hydrogen (secondary N) is 1. The second-order valence-corrected chi connectivity index (χ2v) is 5.45. The molecular weight excluding hydrogens is 280 g/mol. The predicted octanol–water partition coefficient (Wildman–Crippen LogP) is 3.28. The number of nitrogens with zero attached hydrogens (tertiary/aromatic N) is 1. The van der Waals surface area contributed by atoms with Crippen LogP contribution in [-0.4, -0.2) is 18.4 Å². The first-order valence-corrected chi connectivity index (χ1v) is 7.34. The molecule has 114 valence electrons. The summed E-state index contributed by atoms with van der Waals surface area (Å²) in [6, 6.07) is 9.08. The fourth-order valence-corrected chi connectivity index (χ4v) is 2.76. The summed E-state index contributed by atoms with van der Waals surface area (Å²) in [5.41, 5.74) is 1.90. The van der Waals surface area contributed by atoms with Crippen LogP contribution in [0.1, 0.15) is 34.7 Å². The zero-order valence-electron chi connectivity index (χ0n) is 12.7. The molecule has 5 nitrogen and oxygen atoms in total. The number of amides is 2. The van der Waals surface area contributed by atoms with Crippen molar-refractivity contribution in [1.82, 2.24) is 0 Å². The Kier molecular flexibility index (Phi) is 3.71. The fraction of sp³-hybridized carbons (Fsp3) is 0.294. The van der Waals surface area contributed by atoms with E-state index in [4.69, 9.17) is 4.42 Å². The Morgan fingerprint density at radius 3 is 2.68 bits per heavy atom. The van der Waals surface area contributed by atoms with Gasteiger partial charge in [0.25, 0.3) is 5.91 Å². The van der Waals surface area contributed by atoms with Crippen molar-refractivity contribution in [1.29, 1.82) is 0 Å². The second-order valence-electron chi connectivity index (χ2n) is 5.45. The molecule has 1 aromatic heterocycles. The highest BCUT2D eigenvalue weighted by molar-refractivity contribution is 6.08. The van der Waals surface area contributed by atoms with Crippen LogP contribution in [0, 0.1) is 13.8 Å². The fourth-order valence-electron chi connectivity index (χ4n) is 2.76. The van der Waals surface area contributed by atoms with E-state index >= 15 is 0 Å². The van der Waals surface area contributed by atoms with Crippen molar-refractivity contribution in [2.75, 3.05) is 16.8 Å². The number of aryl methyl sites for hydroxylation is 2. The van der Waals surface area contributed by atoms with Crippen molar-refractivity contribution >= 4 is 23.2 Å². The summed E-state index contributed by atoms with van der Waals surface area (Å²) in [5.74, 6) is 1.15. The van der Waals surface area contributed by atoms with E-state index in [0.717, 1.165) is 12.1 Å². The molecule has 0 unspecified atom stereocenters. The van der Waals surface area contributed by atoms with E-state index in [9.17, 15) is 9.59 Å². The topological polar surface area (TPSA) is 62.6 Å². The van der Waals surface area contributed by atoms with Crippen molar-refractivity contribution in [3.05, 3.63) is 47.4 Å². The molecule has 0 saturated carbocycles. The van der Waals surface area contributed by atoms with Crippen LogP contribution in [0.15, 0.2) is 34.7 Å². The van der Waals surface area contributed by atoms with E-state index in [-0.39, 0.29) is 11.8 Å². The van der Waals surface area contributed by atoms with Crippen LogP contribution in [0.5, 0.6) is 0 Å². The van der Waals surface area contributed by atoms with Crippen molar-refractivity contribution in [2.24, 2.45) is 0 Å². The summed E-state index contributed by atoms with van der Waals surface area (Å²) in [7, 11) is 0. The molecule has 1 aliphatic heterocycles. The molecule has 0 spiro atoms. The molecule has 0 aliphatic carbocycles. The molecule has 0 atom stereocenters. The number of carbonyl (C=O) groups excluding carboxylic acids is 2. The second kappa shape index (κ2) is 5.67. The number of benzene rings is 1. The molecule has 0 radical (unpaired) electrons. The number of hydrogen-bond acceptors (Lipinski definition) is 3. The Morgan fingerprint density at radius 2 is 2.05 bits per heavy atom. The Bertz CT molecular complexity index is 733. The van der Waals surface area contributed by atoms with E-state index in [1.54, 1.807) is 30.9 Å². The third kappa shape index (κ3) is 2.62. The molecule has 0 bridgehead atoms. The Labute approximate surface area is 128 Å². The SMILES string of the molecule is Cc1cc(C(=O)Nc2ccccc2N2CCCC2=O)c(C)o1. The summed E-state index contributed by atoms with van der Waals surface area (Å²) < 4.78 is 5.40. The molecule has 1 aliphatic rings. The van der Waals surface area contributed by atoms with Gasteiger partial charge in [-0.3, -0.25) is 9.59 Å². The van der Waals surface area contributed by atoms with Gasteiger partial charge in [-0.1, -0.05) is 12.1 Å². The minimum absolute atomic E-state index is 0.0945. The highest BCUT2D eigenvalue weighted by atomic mass is 16.3. The first-order chi connectivity index (χ1) is 10.6. The number of rotatable bonds is 3. The molecule has 3 rings (SSSR count). The first kappa shape index (κ1) is 14.4. The maximum atomic E-state index is 12.4. The summed E-state index contributed by atoms with van der Waals surface area (Å²) in [6.07, 6.45) is 1.41. The molecule has 22 heavy (non-hydrogen) atoms. The summed E-state index contributed by atoms with van der Waals surface area (Å²) in [4.78, 5) is 26.1. The molecule has 1 aromatic carbocycles. The van der Waals surface area contributed by atoms with E-state index in [1.807, 2.05) is 18.2 Å². The van der Waals surface area contributed by atoms with Gasteiger partial charge in [0, 0.05) is 13.0 Å². The van der Waals surface area contributed by atoms with Crippen molar-refractivity contribution in [2.45, 2.75) is 26.7 Å². The Hall–Kier alpha value is -2.56. The maximum Gasteiger partial charge on any atom is 0.259 e. The Balaban J connectivity index is 1.88. The molecule has 2 amide bonds. The zero-order chi connectivity index (χ0) is 15.7. The van der Waals surface area contributed by atoms with Crippen LogP contribution < -0.4 is 10.2 Å². The van der Waals surface area contributed by atoms with Crippen LogP contribution >= 0.6 is 0 Å². The normalized spacial score (nSPS) is 14.5. The van der Waals surface area contributed by atoms with Crippen molar-refractivity contribution < 1.29 is 14.0 Å². The van der Waals surface area contributed by atoms with E-state index < -0.39 is 0 Å². The quantitative estimate of drug-likeness (QED) is 0.946. The average Bonchev–Trinajstić information content (AvgIpc) is 3.05. The van der Waals surface area contributed by atoms with Gasteiger partial charge in [-0.15, -0.1) is 0 Å². The van der Waals surface area contributed by atoms with Gasteiger partial charge in [-0.2, -0.15) is 0 Å². The monoisotopic (exact) mass is 298 g/mol. The van der Waals surface area contributed by atoms with E-state index in [1.165, 1.54) is 0 Å².